The standard InChI is InChI=1S/C11H16ClNO3S/c12-7-10-17(14,15)13-8-4-9-16-11-5-2-1-3-6-11/h1-3,5-6,13H,4,7-10H2. The molecule has 4 nitrogen and oxygen atoms in total. The molecule has 6 heteroatoms. The molecule has 0 radical (unpaired) electrons. The molecule has 0 fully saturated rings. The Labute approximate surface area is 107 Å². The van der Waals surface area contributed by atoms with Gasteiger partial charge in [-0.25, -0.2) is 13.1 Å². The molecule has 0 aliphatic rings. The van der Waals surface area contributed by atoms with Gasteiger partial charge in [-0.15, -0.1) is 11.6 Å². The number of hydrogen-bond donors (Lipinski definition) is 1. The summed E-state index contributed by atoms with van der Waals surface area (Å²) in [6.07, 6.45) is 0.621. The average molecular weight is 278 g/mol. The zero-order chi connectivity index (χ0) is 12.6. The quantitative estimate of drug-likeness (QED) is 0.580. The third kappa shape index (κ3) is 6.51. The molecular formula is C11H16ClNO3S. The summed E-state index contributed by atoms with van der Waals surface area (Å²) in [5.74, 6) is 0.848. The van der Waals surface area contributed by atoms with E-state index >= 15 is 0 Å². The van der Waals surface area contributed by atoms with Crippen LogP contribution in [0.2, 0.25) is 0 Å². The highest BCUT2D eigenvalue weighted by Crippen LogP contribution is 2.08. The van der Waals surface area contributed by atoms with Crippen LogP contribution in [-0.2, 0) is 10.0 Å². The number of halogens is 1. The number of ether oxygens (including phenoxy) is 1. The molecule has 0 bridgehead atoms. The van der Waals surface area contributed by atoms with Crippen LogP contribution in [-0.4, -0.2) is 33.2 Å². The maximum Gasteiger partial charge on any atom is 0.212 e. The zero-order valence-corrected chi connectivity index (χ0v) is 11.0. The molecule has 0 atom stereocenters. The van der Waals surface area contributed by atoms with Crippen LogP contribution in [0.3, 0.4) is 0 Å². The van der Waals surface area contributed by atoms with Crippen LogP contribution in [0.5, 0.6) is 5.75 Å². The summed E-state index contributed by atoms with van der Waals surface area (Å²) in [4.78, 5) is 0. The first-order valence-corrected chi connectivity index (χ1v) is 7.54. The van der Waals surface area contributed by atoms with Crippen molar-refractivity contribution >= 4 is 21.6 Å². The van der Waals surface area contributed by atoms with Crippen LogP contribution in [0.4, 0.5) is 0 Å². The van der Waals surface area contributed by atoms with Crippen molar-refractivity contribution < 1.29 is 13.2 Å². The Morgan fingerprint density at radius 2 is 1.94 bits per heavy atom. The largest absolute Gasteiger partial charge is 0.494 e. The maximum atomic E-state index is 11.2. The van der Waals surface area contributed by atoms with Crippen molar-refractivity contribution in [3.05, 3.63) is 30.3 Å². The van der Waals surface area contributed by atoms with Gasteiger partial charge in [0.15, 0.2) is 0 Å². The third-order valence-corrected chi connectivity index (χ3v) is 3.80. The Balaban J connectivity index is 2.13. The van der Waals surface area contributed by atoms with E-state index < -0.39 is 10.0 Å². The van der Waals surface area contributed by atoms with E-state index in [1.165, 1.54) is 0 Å². The predicted octanol–water partition coefficient (Wildman–Crippen LogP) is 1.61. The zero-order valence-electron chi connectivity index (χ0n) is 9.43. The van der Waals surface area contributed by atoms with Crippen molar-refractivity contribution in [1.29, 1.82) is 0 Å². The molecule has 96 valence electrons. The molecule has 0 heterocycles. The van der Waals surface area contributed by atoms with Crippen molar-refractivity contribution in [2.24, 2.45) is 0 Å². The summed E-state index contributed by atoms with van der Waals surface area (Å²) >= 11 is 5.36. The summed E-state index contributed by atoms with van der Waals surface area (Å²) < 4.78 is 30.3. The van der Waals surface area contributed by atoms with E-state index in [1.54, 1.807) is 0 Å². The minimum Gasteiger partial charge on any atom is -0.494 e. The molecule has 0 spiro atoms. The van der Waals surface area contributed by atoms with E-state index in [0.717, 1.165) is 5.75 Å². The molecule has 0 aliphatic carbocycles. The summed E-state index contributed by atoms with van der Waals surface area (Å²) in [6, 6.07) is 9.40. The first-order chi connectivity index (χ1) is 8.14. The molecule has 1 N–H and O–H groups in total. The number of para-hydroxylation sites is 1. The van der Waals surface area contributed by atoms with E-state index in [9.17, 15) is 8.42 Å². The van der Waals surface area contributed by atoms with Gasteiger partial charge < -0.3 is 4.74 Å². The van der Waals surface area contributed by atoms with Crippen molar-refractivity contribution in [2.75, 3.05) is 24.8 Å². The molecular weight excluding hydrogens is 262 g/mol. The monoisotopic (exact) mass is 277 g/mol. The number of alkyl halides is 1. The molecule has 0 saturated carbocycles. The molecule has 1 aromatic rings. The molecule has 0 aromatic heterocycles. The Kier molecular flexibility index (Phi) is 6.32. The Morgan fingerprint density at radius 1 is 1.24 bits per heavy atom. The molecule has 0 saturated heterocycles. The highest BCUT2D eigenvalue weighted by atomic mass is 35.5. The molecule has 0 aliphatic heterocycles. The molecule has 17 heavy (non-hydrogen) atoms. The highest BCUT2D eigenvalue weighted by Gasteiger charge is 2.07. The van der Waals surface area contributed by atoms with Gasteiger partial charge in [-0.3, -0.25) is 0 Å². The van der Waals surface area contributed by atoms with E-state index in [2.05, 4.69) is 4.72 Å². The van der Waals surface area contributed by atoms with Crippen LogP contribution in [0, 0.1) is 0 Å². The van der Waals surface area contributed by atoms with Crippen molar-refractivity contribution in [2.45, 2.75) is 6.42 Å². The summed E-state index contributed by atoms with van der Waals surface area (Å²) in [7, 11) is -3.21. The van der Waals surface area contributed by atoms with Gasteiger partial charge in [-0.05, 0) is 18.6 Å². The first kappa shape index (κ1) is 14.3. The van der Waals surface area contributed by atoms with Gasteiger partial charge >= 0.3 is 0 Å². The molecule has 1 rings (SSSR count). The SMILES string of the molecule is O=S(=O)(CCCl)NCCCOc1ccccc1. The van der Waals surface area contributed by atoms with Gasteiger partial charge in [-0.1, -0.05) is 18.2 Å². The number of nitrogens with one attached hydrogen (secondary N) is 1. The van der Waals surface area contributed by atoms with Gasteiger partial charge in [0.05, 0.1) is 12.4 Å². The molecule has 0 unspecified atom stereocenters. The van der Waals surface area contributed by atoms with Crippen LogP contribution in [0.15, 0.2) is 30.3 Å². The van der Waals surface area contributed by atoms with Gasteiger partial charge in [0.25, 0.3) is 0 Å². The van der Waals surface area contributed by atoms with Crippen molar-refractivity contribution in [3.63, 3.8) is 0 Å². The van der Waals surface area contributed by atoms with Crippen LogP contribution in [0.1, 0.15) is 6.42 Å². The minimum absolute atomic E-state index is 0.0475. The fourth-order valence-corrected chi connectivity index (χ4v) is 2.59. The lowest BCUT2D eigenvalue weighted by Gasteiger charge is -2.07. The van der Waals surface area contributed by atoms with Gasteiger partial charge in [-0.2, -0.15) is 0 Å². The van der Waals surface area contributed by atoms with E-state index in [1.807, 2.05) is 30.3 Å². The topological polar surface area (TPSA) is 55.4 Å². The molecule has 1 aromatic carbocycles. The number of benzene rings is 1. The minimum atomic E-state index is -3.21. The van der Waals surface area contributed by atoms with Gasteiger partial charge in [0, 0.05) is 12.4 Å². The highest BCUT2D eigenvalue weighted by molar-refractivity contribution is 7.89. The smallest absolute Gasteiger partial charge is 0.212 e. The lowest BCUT2D eigenvalue weighted by atomic mass is 10.3. The normalized spacial score (nSPS) is 11.4. The average Bonchev–Trinajstić information content (AvgIpc) is 2.30. The lowest BCUT2D eigenvalue weighted by molar-refractivity contribution is 0.311. The van der Waals surface area contributed by atoms with Crippen LogP contribution < -0.4 is 9.46 Å². The summed E-state index contributed by atoms with van der Waals surface area (Å²) in [5, 5.41) is 0. The van der Waals surface area contributed by atoms with Crippen LogP contribution in [0.25, 0.3) is 0 Å². The van der Waals surface area contributed by atoms with E-state index in [0.29, 0.717) is 19.6 Å². The van der Waals surface area contributed by atoms with Gasteiger partial charge in [0.2, 0.25) is 10.0 Å². The lowest BCUT2D eigenvalue weighted by Crippen LogP contribution is -2.28. The van der Waals surface area contributed by atoms with Crippen molar-refractivity contribution in [1.82, 2.24) is 4.72 Å². The maximum absolute atomic E-state index is 11.2. The van der Waals surface area contributed by atoms with Crippen LogP contribution >= 0.6 is 11.6 Å². The fourth-order valence-electron chi connectivity index (χ4n) is 1.18. The Morgan fingerprint density at radius 3 is 2.59 bits per heavy atom. The summed E-state index contributed by atoms with van der Waals surface area (Å²) in [5.41, 5.74) is 0. The second-order valence-corrected chi connectivity index (χ2v) is 5.72. The number of rotatable bonds is 8. The van der Waals surface area contributed by atoms with E-state index in [4.69, 9.17) is 16.3 Å². The Hall–Kier alpha value is -0.780. The number of sulfonamides is 1. The molecule has 0 amide bonds. The third-order valence-electron chi connectivity index (χ3n) is 2.00. The predicted molar refractivity (Wildman–Crippen MR) is 69.1 cm³/mol. The van der Waals surface area contributed by atoms with Crippen molar-refractivity contribution in [3.8, 4) is 5.75 Å². The van der Waals surface area contributed by atoms with Gasteiger partial charge in [0.1, 0.15) is 5.75 Å². The van der Waals surface area contributed by atoms with E-state index in [-0.39, 0.29) is 11.6 Å². The second-order valence-electron chi connectivity index (χ2n) is 3.42. The second kappa shape index (κ2) is 7.53. The summed E-state index contributed by atoms with van der Waals surface area (Å²) in [6.45, 7) is 0.847. The fraction of sp³-hybridized carbons (Fsp3) is 0.455. The first-order valence-electron chi connectivity index (χ1n) is 5.35. The number of hydrogen-bond acceptors (Lipinski definition) is 3. The Bertz CT molecular complexity index is 408.